The number of carbonyl (C=O) groups is 2. The van der Waals surface area contributed by atoms with Crippen LogP contribution in [0.1, 0.15) is 104 Å². The fourth-order valence-corrected chi connectivity index (χ4v) is 9.19. The molecular weight excluding hydrogens is 556 g/mol. The van der Waals surface area contributed by atoms with Crippen molar-refractivity contribution in [2.45, 2.75) is 104 Å². The lowest BCUT2D eigenvalue weighted by Gasteiger charge is -2.57. The van der Waals surface area contributed by atoms with Gasteiger partial charge < -0.3 is 18.3 Å². The monoisotopic (exact) mass is 602 g/mol. The van der Waals surface area contributed by atoms with Crippen molar-refractivity contribution in [1.82, 2.24) is 0 Å². The summed E-state index contributed by atoms with van der Waals surface area (Å²) < 4.78 is 22.3. The van der Waals surface area contributed by atoms with Gasteiger partial charge in [0.15, 0.2) is 11.5 Å². The number of carbonyl (C=O) groups excluding carboxylic acids is 2. The predicted molar refractivity (Wildman–Crippen MR) is 170 cm³/mol. The molecule has 2 heterocycles. The van der Waals surface area contributed by atoms with Crippen molar-refractivity contribution in [3.63, 3.8) is 0 Å². The molecule has 3 aromatic rings. The normalized spacial score (nSPS) is 31.1. The van der Waals surface area contributed by atoms with Gasteiger partial charge in [-0.15, -0.1) is 0 Å². The standard InChI is InChI=1S/C22H32O3.C15H14O4/c1-4-20(24)25-19-8-7-17-16-6-5-14-13-15(23)9-11-21(14,2)18(16)10-12-22(17,19)3;1-8(2)14-15(17-3)10-6-9-4-5-13(16)18-11(9)7-12(10)19-14/h13,16-19H,4-12H2,1-3H3;4-8H,1-3H3. The molecule has 4 aliphatic carbocycles. The minimum Gasteiger partial charge on any atom is -0.492 e. The zero-order valence-corrected chi connectivity index (χ0v) is 27.0. The van der Waals surface area contributed by atoms with E-state index >= 15 is 0 Å². The molecule has 0 aliphatic heterocycles. The second-order valence-corrected chi connectivity index (χ2v) is 14.2. The first-order valence-corrected chi connectivity index (χ1v) is 16.5. The molecule has 236 valence electrons. The SMILES string of the molecule is CCC(=O)OC1CCC2C3CCC4=CC(=O)CCC4(C)C3CCC12C.COc1c(C(C)C)oc2cc3oc(=O)ccc3cc12. The van der Waals surface area contributed by atoms with Crippen molar-refractivity contribution in [1.29, 1.82) is 0 Å². The molecule has 0 radical (unpaired) electrons. The Morgan fingerprint density at radius 3 is 2.50 bits per heavy atom. The molecular formula is C37H46O7. The second-order valence-electron chi connectivity index (χ2n) is 14.2. The van der Waals surface area contributed by atoms with E-state index in [1.165, 1.54) is 30.9 Å². The van der Waals surface area contributed by atoms with Gasteiger partial charge in [0.05, 0.1) is 12.5 Å². The lowest BCUT2D eigenvalue weighted by atomic mass is 9.47. The number of allylic oxidation sites excluding steroid dienone is 1. The van der Waals surface area contributed by atoms with Gasteiger partial charge in [-0.2, -0.15) is 0 Å². The highest BCUT2D eigenvalue weighted by molar-refractivity contribution is 5.97. The molecule has 7 heteroatoms. The van der Waals surface area contributed by atoms with Gasteiger partial charge in [0.2, 0.25) is 0 Å². The summed E-state index contributed by atoms with van der Waals surface area (Å²) in [6.07, 6.45) is 11.3. The highest BCUT2D eigenvalue weighted by atomic mass is 16.5. The fraction of sp³-hybridized carbons (Fsp3) is 0.595. The van der Waals surface area contributed by atoms with Crippen molar-refractivity contribution < 1.29 is 27.9 Å². The van der Waals surface area contributed by atoms with Gasteiger partial charge in [0, 0.05) is 41.7 Å². The maximum Gasteiger partial charge on any atom is 0.336 e. The van der Waals surface area contributed by atoms with Gasteiger partial charge in [-0.1, -0.05) is 40.2 Å². The van der Waals surface area contributed by atoms with Gasteiger partial charge in [-0.3, -0.25) is 9.59 Å². The van der Waals surface area contributed by atoms with Gasteiger partial charge in [-0.25, -0.2) is 4.79 Å². The van der Waals surface area contributed by atoms with E-state index in [2.05, 4.69) is 13.8 Å². The fourth-order valence-electron chi connectivity index (χ4n) is 9.19. The van der Waals surface area contributed by atoms with Crippen LogP contribution in [-0.2, 0) is 14.3 Å². The van der Waals surface area contributed by atoms with Gasteiger partial charge in [-0.05, 0) is 86.3 Å². The largest absolute Gasteiger partial charge is 0.492 e. The van der Waals surface area contributed by atoms with Crippen molar-refractivity contribution in [2.24, 2.45) is 28.6 Å². The van der Waals surface area contributed by atoms with Crippen molar-refractivity contribution >= 4 is 33.7 Å². The molecule has 0 N–H and O–H groups in total. The smallest absolute Gasteiger partial charge is 0.336 e. The Labute approximate surface area is 259 Å². The van der Waals surface area contributed by atoms with Crippen LogP contribution in [0.25, 0.3) is 21.9 Å². The van der Waals surface area contributed by atoms with E-state index < -0.39 is 0 Å². The van der Waals surface area contributed by atoms with Gasteiger partial charge in [0.1, 0.15) is 23.0 Å². The van der Waals surface area contributed by atoms with Crippen LogP contribution in [0.5, 0.6) is 5.75 Å². The third-order valence-corrected chi connectivity index (χ3v) is 11.6. The number of rotatable bonds is 4. The first kappa shape index (κ1) is 30.7. The molecule has 2 aromatic heterocycles. The lowest BCUT2D eigenvalue weighted by molar-refractivity contribution is -0.159. The van der Waals surface area contributed by atoms with Crippen LogP contribution in [-0.4, -0.2) is 25.0 Å². The third-order valence-electron chi connectivity index (χ3n) is 11.6. The number of esters is 1. The van der Waals surface area contributed by atoms with E-state index in [0.29, 0.717) is 35.2 Å². The van der Waals surface area contributed by atoms with Crippen LogP contribution >= 0.6 is 0 Å². The molecule has 7 nitrogen and oxygen atoms in total. The number of fused-ring (bicyclic) bond motifs is 7. The summed E-state index contributed by atoms with van der Waals surface area (Å²) in [5.41, 5.74) is 2.65. The first-order valence-electron chi connectivity index (χ1n) is 16.5. The number of furan rings is 1. The van der Waals surface area contributed by atoms with Crippen molar-refractivity contribution in [3.05, 3.63) is 52.1 Å². The quantitative estimate of drug-likeness (QED) is 0.218. The average molecular weight is 603 g/mol. The van der Waals surface area contributed by atoms with Crippen LogP contribution in [0.15, 0.2) is 49.5 Å². The zero-order chi connectivity index (χ0) is 31.4. The molecule has 0 bridgehead atoms. The van der Waals surface area contributed by atoms with E-state index in [1.54, 1.807) is 19.2 Å². The molecule has 0 amide bonds. The summed E-state index contributed by atoms with van der Waals surface area (Å²) in [6.45, 7) is 10.8. The van der Waals surface area contributed by atoms with E-state index in [0.717, 1.165) is 60.3 Å². The van der Waals surface area contributed by atoms with Crippen LogP contribution in [0.3, 0.4) is 0 Å². The number of hydrogen-bond donors (Lipinski definition) is 0. The molecule has 0 spiro atoms. The zero-order valence-electron chi connectivity index (χ0n) is 27.0. The number of ketones is 1. The summed E-state index contributed by atoms with van der Waals surface area (Å²) in [7, 11) is 1.63. The molecule has 3 fully saturated rings. The Hall–Kier alpha value is -3.35. The molecule has 3 saturated carbocycles. The van der Waals surface area contributed by atoms with Crippen LogP contribution in [0, 0.1) is 28.6 Å². The number of hydrogen-bond acceptors (Lipinski definition) is 7. The highest BCUT2D eigenvalue weighted by Crippen LogP contribution is 2.65. The Balaban J connectivity index is 0.000000162. The van der Waals surface area contributed by atoms with Crippen molar-refractivity contribution in [2.75, 3.05) is 7.11 Å². The Morgan fingerprint density at radius 1 is 0.977 bits per heavy atom. The summed E-state index contributed by atoms with van der Waals surface area (Å²) >= 11 is 0. The molecule has 6 unspecified atom stereocenters. The van der Waals surface area contributed by atoms with Crippen LogP contribution in [0.2, 0.25) is 0 Å². The van der Waals surface area contributed by atoms with E-state index in [1.807, 2.05) is 32.9 Å². The summed E-state index contributed by atoms with van der Waals surface area (Å²) in [4.78, 5) is 35.0. The number of methoxy groups -OCH3 is 1. The maximum atomic E-state index is 11.9. The number of ether oxygens (including phenoxy) is 2. The Kier molecular flexibility index (Phi) is 8.04. The van der Waals surface area contributed by atoms with Crippen LogP contribution < -0.4 is 10.4 Å². The van der Waals surface area contributed by atoms with Gasteiger partial charge in [0.25, 0.3) is 0 Å². The highest BCUT2D eigenvalue weighted by Gasteiger charge is 2.59. The summed E-state index contributed by atoms with van der Waals surface area (Å²) in [6, 6.07) is 6.80. The van der Waals surface area contributed by atoms with Gasteiger partial charge >= 0.3 is 11.6 Å². The third kappa shape index (κ3) is 5.10. The lowest BCUT2D eigenvalue weighted by Crippen LogP contribution is -2.51. The first-order chi connectivity index (χ1) is 21.0. The summed E-state index contributed by atoms with van der Waals surface area (Å²) in [5.74, 6) is 4.18. The number of benzene rings is 1. The molecule has 4 aliphatic rings. The van der Waals surface area contributed by atoms with E-state index in [-0.39, 0.29) is 34.4 Å². The van der Waals surface area contributed by atoms with E-state index in [4.69, 9.17) is 18.3 Å². The molecule has 44 heavy (non-hydrogen) atoms. The minimum atomic E-state index is -0.366. The molecule has 0 saturated heterocycles. The Morgan fingerprint density at radius 2 is 1.77 bits per heavy atom. The Bertz CT molecular complexity index is 1670. The van der Waals surface area contributed by atoms with E-state index in [9.17, 15) is 14.4 Å². The second kappa shape index (κ2) is 11.5. The maximum absolute atomic E-state index is 11.9. The summed E-state index contributed by atoms with van der Waals surface area (Å²) in [5, 5.41) is 1.74. The van der Waals surface area contributed by atoms with Crippen LogP contribution in [0.4, 0.5) is 0 Å². The predicted octanol–water partition coefficient (Wildman–Crippen LogP) is 8.51. The van der Waals surface area contributed by atoms with Crippen molar-refractivity contribution in [3.8, 4) is 5.75 Å². The molecule has 1 aromatic carbocycles. The molecule has 6 atom stereocenters. The average Bonchev–Trinajstić information content (AvgIpc) is 3.53. The topological polar surface area (TPSA) is 96.0 Å². The minimum absolute atomic E-state index is 0.0411. The molecule has 7 rings (SSSR count).